The van der Waals surface area contributed by atoms with Crippen LogP contribution in [0.1, 0.15) is 30.5 Å². The molecule has 3 aromatic heterocycles. The molecule has 176 valence electrons. The van der Waals surface area contributed by atoms with Crippen LogP contribution in [-0.4, -0.2) is 46.1 Å². The van der Waals surface area contributed by atoms with E-state index in [0.717, 1.165) is 28.4 Å². The Labute approximate surface area is 196 Å². The second-order valence-corrected chi connectivity index (χ2v) is 9.73. The first-order valence-electron chi connectivity index (χ1n) is 10.6. The molecule has 3 heterocycles. The first-order valence-corrected chi connectivity index (χ1v) is 12.5. The predicted molar refractivity (Wildman–Crippen MR) is 127 cm³/mol. The van der Waals surface area contributed by atoms with Crippen molar-refractivity contribution >= 4 is 26.4 Å². The SMILES string of the molecule is CC=C(NC(CCO)c1ccnc(S(C)(=O)=O)c1)c1cncc2c1cnn2-c1ccc(F)cc1. The van der Waals surface area contributed by atoms with Gasteiger partial charge in [-0.25, -0.2) is 22.5 Å². The minimum atomic E-state index is -3.48. The second-order valence-electron chi connectivity index (χ2n) is 7.76. The zero-order chi connectivity index (χ0) is 24.3. The Morgan fingerprint density at radius 3 is 2.65 bits per heavy atom. The number of hydrogen-bond acceptors (Lipinski definition) is 7. The zero-order valence-corrected chi connectivity index (χ0v) is 19.5. The number of pyridine rings is 2. The lowest BCUT2D eigenvalue weighted by molar-refractivity contribution is 0.271. The topological polar surface area (TPSA) is 110 Å². The van der Waals surface area contributed by atoms with E-state index in [9.17, 15) is 17.9 Å². The third-order valence-electron chi connectivity index (χ3n) is 5.44. The van der Waals surface area contributed by atoms with E-state index in [4.69, 9.17) is 0 Å². The van der Waals surface area contributed by atoms with Crippen molar-refractivity contribution in [2.45, 2.75) is 24.4 Å². The molecule has 0 radical (unpaired) electrons. The monoisotopic (exact) mass is 481 g/mol. The molecule has 0 amide bonds. The highest BCUT2D eigenvalue weighted by Crippen LogP contribution is 2.28. The molecule has 4 aromatic rings. The highest BCUT2D eigenvalue weighted by atomic mass is 32.2. The summed E-state index contributed by atoms with van der Waals surface area (Å²) in [5.74, 6) is -0.329. The number of allylic oxidation sites excluding steroid dienone is 1. The summed E-state index contributed by atoms with van der Waals surface area (Å²) in [6.07, 6.45) is 9.91. The smallest absolute Gasteiger partial charge is 0.192 e. The largest absolute Gasteiger partial charge is 0.396 e. The minimum Gasteiger partial charge on any atom is -0.396 e. The van der Waals surface area contributed by atoms with Crippen LogP contribution < -0.4 is 5.32 Å². The summed E-state index contributed by atoms with van der Waals surface area (Å²) in [4.78, 5) is 8.33. The fourth-order valence-corrected chi connectivity index (χ4v) is 4.35. The van der Waals surface area contributed by atoms with E-state index in [-0.39, 0.29) is 23.5 Å². The van der Waals surface area contributed by atoms with Gasteiger partial charge in [0.25, 0.3) is 0 Å². The van der Waals surface area contributed by atoms with Crippen molar-refractivity contribution in [1.82, 2.24) is 25.1 Å². The number of fused-ring (bicyclic) bond motifs is 1. The molecule has 1 atom stereocenters. The summed E-state index contributed by atoms with van der Waals surface area (Å²) in [6.45, 7) is 1.77. The molecule has 0 fully saturated rings. The summed E-state index contributed by atoms with van der Waals surface area (Å²) in [5, 5.41) is 18.3. The number of benzene rings is 1. The molecule has 2 N–H and O–H groups in total. The third-order valence-corrected chi connectivity index (χ3v) is 6.42. The number of aliphatic hydroxyl groups is 1. The lowest BCUT2D eigenvalue weighted by Crippen LogP contribution is -2.22. The summed E-state index contributed by atoms with van der Waals surface area (Å²) in [7, 11) is -3.48. The van der Waals surface area contributed by atoms with Crippen molar-refractivity contribution in [1.29, 1.82) is 0 Å². The molecular formula is C24H24FN5O3S. The number of halogens is 1. The molecule has 0 aliphatic carbocycles. The molecule has 0 aliphatic rings. The van der Waals surface area contributed by atoms with Crippen molar-refractivity contribution in [3.05, 3.63) is 84.2 Å². The van der Waals surface area contributed by atoms with E-state index < -0.39 is 9.84 Å². The van der Waals surface area contributed by atoms with E-state index in [2.05, 4.69) is 20.4 Å². The number of aliphatic hydroxyl groups excluding tert-OH is 1. The summed E-state index contributed by atoms with van der Waals surface area (Å²) < 4.78 is 39.0. The van der Waals surface area contributed by atoms with Gasteiger partial charge >= 0.3 is 0 Å². The van der Waals surface area contributed by atoms with Crippen LogP contribution in [0.5, 0.6) is 0 Å². The standard InChI is InChI=1S/C24H24FN5O3S/c1-3-21(29-22(9-11-31)16-8-10-27-24(12-16)34(2,32)33)19-13-26-15-23-20(19)14-28-30(23)18-6-4-17(25)5-7-18/h3-8,10,12-15,22,29,31H,9,11H2,1-2H3. The Kier molecular flexibility index (Phi) is 6.71. The van der Waals surface area contributed by atoms with E-state index in [1.54, 1.807) is 41.5 Å². The Balaban J connectivity index is 1.72. The van der Waals surface area contributed by atoms with Gasteiger partial charge in [-0.15, -0.1) is 0 Å². The van der Waals surface area contributed by atoms with Crippen molar-refractivity contribution < 1.29 is 17.9 Å². The highest BCUT2D eigenvalue weighted by molar-refractivity contribution is 7.90. The molecule has 0 spiro atoms. The fraction of sp³-hybridized carbons (Fsp3) is 0.208. The molecule has 34 heavy (non-hydrogen) atoms. The summed E-state index contributed by atoms with van der Waals surface area (Å²) in [5.41, 5.74) is 3.66. The molecule has 10 heteroatoms. The molecule has 1 unspecified atom stereocenters. The van der Waals surface area contributed by atoms with Crippen LogP contribution in [0.15, 0.2) is 72.3 Å². The highest BCUT2D eigenvalue weighted by Gasteiger charge is 2.19. The van der Waals surface area contributed by atoms with Gasteiger partial charge in [0, 0.05) is 41.9 Å². The normalized spacial score (nSPS) is 13.2. The van der Waals surface area contributed by atoms with E-state index >= 15 is 0 Å². The predicted octanol–water partition coefficient (Wildman–Crippen LogP) is 3.43. The van der Waals surface area contributed by atoms with Gasteiger partial charge < -0.3 is 10.4 Å². The molecule has 4 rings (SSSR count). The fourth-order valence-electron chi connectivity index (χ4n) is 3.74. The maximum atomic E-state index is 13.4. The van der Waals surface area contributed by atoms with Gasteiger partial charge in [-0.2, -0.15) is 5.10 Å². The summed E-state index contributed by atoms with van der Waals surface area (Å²) >= 11 is 0. The Bertz CT molecular complexity index is 1450. The maximum Gasteiger partial charge on any atom is 0.192 e. The third kappa shape index (κ3) is 4.82. The van der Waals surface area contributed by atoms with Gasteiger partial charge in [-0.1, -0.05) is 6.08 Å². The first-order chi connectivity index (χ1) is 16.3. The minimum absolute atomic E-state index is 0.0267. The number of aromatic nitrogens is 4. The van der Waals surface area contributed by atoms with Crippen LogP contribution in [0, 0.1) is 5.82 Å². The van der Waals surface area contributed by atoms with Gasteiger partial charge in [0.2, 0.25) is 0 Å². The number of nitrogens with zero attached hydrogens (tertiary/aromatic N) is 4. The maximum absolute atomic E-state index is 13.4. The van der Waals surface area contributed by atoms with Gasteiger partial charge in [-0.05, 0) is 55.3 Å². The number of rotatable bonds is 8. The van der Waals surface area contributed by atoms with Crippen LogP contribution >= 0.6 is 0 Å². The average Bonchev–Trinajstić information content (AvgIpc) is 3.26. The van der Waals surface area contributed by atoms with Gasteiger partial charge in [-0.3, -0.25) is 4.98 Å². The Morgan fingerprint density at radius 2 is 1.97 bits per heavy atom. The van der Waals surface area contributed by atoms with Gasteiger partial charge in [0.05, 0.1) is 29.6 Å². The van der Waals surface area contributed by atoms with Crippen LogP contribution in [0.25, 0.3) is 22.3 Å². The molecule has 0 aliphatic heterocycles. The van der Waals surface area contributed by atoms with Crippen molar-refractivity contribution in [2.24, 2.45) is 0 Å². The lowest BCUT2D eigenvalue weighted by atomic mass is 10.0. The Hall–Kier alpha value is -3.63. The average molecular weight is 482 g/mol. The lowest BCUT2D eigenvalue weighted by Gasteiger charge is -2.22. The first kappa shape index (κ1) is 23.5. The zero-order valence-electron chi connectivity index (χ0n) is 18.7. The van der Waals surface area contributed by atoms with Crippen molar-refractivity contribution in [3.63, 3.8) is 0 Å². The van der Waals surface area contributed by atoms with E-state index in [1.807, 2.05) is 13.0 Å². The van der Waals surface area contributed by atoms with Crippen molar-refractivity contribution in [2.75, 3.05) is 12.9 Å². The van der Waals surface area contributed by atoms with Crippen LogP contribution in [-0.2, 0) is 9.84 Å². The van der Waals surface area contributed by atoms with Crippen molar-refractivity contribution in [3.8, 4) is 5.69 Å². The Morgan fingerprint density at radius 1 is 1.21 bits per heavy atom. The summed E-state index contributed by atoms with van der Waals surface area (Å²) in [6, 6.07) is 8.90. The van der Waals surface area contributed by atoms with E-state index in [0.29, 0.717) is 17.7 Å². The number of nitrogens with one attached hydrogen (secondary N) is 1. The van der Waals surface area contributed by atoms with Gasteiger partial charge in [0.1, 0.15) is 5.82 Å². The molecular weight excluding hydrogens is 457 g/mol. The van der Waals surface area contributed by atoms with Gasteiger partial charge in [0.15, 0.2) is 14.9 Å². The number of hydrogen-bond donors (Lipinski definition) is 2. The molecule has 0 saturated carbocycles. The molecule has 0 bridgehead atoms. The quantitative estimate of drug-likeness (QED) is 0.397. The molecule has 1 aromatic carbocycles. The van der Waals surface area contributed by atoms with E-state index in [1.165, 1.54) is 24.4 Å². The second kappa shape index (κ2) is 9.70. The van der Waals surface area contributed by atoms with Crippen LogP contribution in [0.2, 0.25) is 0 Å². The van der Waals surface area contributed by atoms with Crippen LogP contribution in [0.3, 0.4) is 0 Å². The van der Waals surface area contributed by atoms with Crippen LogP contribution in [0.4, 0.5) is 4.39 Å². The molecule has 0 saturated heterocycles. The molecule has 8 nitrogen and oxygen atoms in total. The number of sulfone groups is 1.